The summed E-state index contributed by atoms with van der Waals surface area (Å²) in [7, 11) is 19.3. The Kier molecular flexibility index (Phi) is 37.7. The lowest BCUT2D eigenvalue weighted by molar-refractivity contribution is 0.112. The predicted octanol–water partition coefficient (Wildman–Crippen LogP) is 12.7. The van der Waals surface area contributed by atoms with Crippen molar-refractivity contribution in [2.45, 2.75) is 61.5 Å². The molecule has 21 heteroatoms. The molecule has 21 nitrogen and oxygen atoms in total. The van der Waals surface area contributed by atoms with Gasteiger partial charge in [0.2, 0.25) is 0 Å². The van der Waals surface area contributed by atoms with Crippen LogP contribution in [-0.2, 0) is 39.3 Å². The number of phenols is 4. The highest BCUT2D eigenvalue weighted by Crippen LogP contribution is 2.33. The van der Waals surface area contributed by atoms with Gasteiger partial charge in [0.25, 0.3) is 0 Å². The average molecular weight is 1280 g/mol. The van der Waals surface area contributed by atoms with Crippen LogP contribution in [0.2, 0.25) is 0 Å². The first-order chi connectivity index (χ1) is 43.1. The minimum absolute atomic E-state index is 0. The maximum absolute atomic E-state index is 10.4. The van der Waals surface area contributed by atoms with E-state index < -0.39 is 0 Å². The second kappa shape index (κ2) is 43.5. The predicted molar refractivity (Wildman–Crippen MR) is 363 cm³/mol. The Morgan fingerprint density at radius 3 is 0.913 bits per heavy atom. The van der Waals surface area contributed by atoms with Gasteiger partial charge in [-0.1, -0.05) is 58.7 Å². The monoisotopic (exact) mass is 1270 g/mol. The van der Waals surface area contributed by atoms with E-state index in [9.17, 15) is 25.2 Å². The number of nitrogens with two attached hydrogens (primary N) is 1. The molecule has 8 aromatic carbocycles. The number of methoxy groups -OCH3 is 12. The van der Waals surface area contributed by atoms with Crippen LogP contribution in [-0.4, -0.2) is 118 Å². The number of benzene rings is 8. The number of aromatic hydroxyl groups is 4. The summed E-state index contributed by atoms with van der Waals surface area (Å²) in [5.41, 5.74) is 13.0. The SMILES string of the molecule is C.C.C.COc1ccc(C=NCc2ccc(OC)c(OC)c2)cc1OC.COc1ccc(C=O)cc1OC.COc1ccc(CN)cc1OC.COc1ccc(CNCc2ccc(OC)c(OC)c2)cc1OC.Oc1ccc(CNCc2ccc(O)c(O)c2)cc1O. The van der Waals surface area contributed by atoms with E-state index in [2.05, 4.69) is 15.6 Å². The summed E-state index contributed by atoms with van der Waals surface area (Å²) in [6.07, 6.45) is 2.57. The van der Waals surface area contributed by atoms with Crippen molar-refractivity contribution < 1.29 is 82.1 Å². The topological polar surface area (TPSA) is 271 Å². The third-order valence-electron chi connectivity index (χ3n) is 12.9. The first kappa shape index (κ1) is 79.8. The second-order valence-electron chi connectivity index (χ2n) is 18.6. The third-order valence-corrected chi connectivity index (χ3v) is 12.9. The Bertz CT molecular complexity index is 3360. The molecule has 8 N–H and O–H groups in total. The zero-order chi connectivity index (χ0) is 65.1. The fourth-order valence-electron chi connectivity index (χ4n) is 8.14. The molecular formula is C71H94N4O17. The van der Waals surface area contributed by atoms with E-state index in [4.69, 9.17) is 62.6 Å². The van der Waals surface area contributed by atoms with Gasteiger partial charge in [0, 0.05) is 44.5 Å². The second-order valence-corrected chi connectivity index (χ2v) is 18.6. The molecule has 0 atom stereocenters. The largest absolute Gasteiger partial charge is 0.504 e. The number of hydrogen-bond acceptors (Lipinski definition) is 21. The molecule has 8 aromatic rings. The van der Waals surface area contributed by atoms with Gasteiger partial charge in [-0.05, 0) is 148 Å². The lowest BCUT2D eigenvalue weighted by Gasteiger charge is -2.12. The Balaban J connectivity index is 0.000000584. The van der Waals surface area contributed by atoms with Crippen molar-refractivity contribution in [2.75, 3.05) is 85.3 Å². The number of carbonyl (C=O) groups excluding carboxylic acids is 1. The number of aliphatic imine (C=N–C) groups is 1. The Morgan fingerprint density at radius 2 is 0.587 bits per heavy atom. The lowest BCUT2D eigenvalue weighted by atomic mass is 10.1. The highest BCUT2D eigenvalue weighted by Gasteiger charge is 2.10. The molecule has 0 radical (unpaired) electrons. The standard InChI is InChI=1S/C18H23NO4.C18H21NO4.C14H15NO4.C9H13NO2.C9H10O3.3CH4/c2*1-20-15-7-5-13(9-17(15)22-3)11-19-12-14-6-8-16(21-2)18(10-14)23-4;16-11-3-1-9(5-13(11)18)7-15-8-10-2-4-12(17)14(19)6-10;2*1-11-8-4-3-7(6-10)5-9(8)12-2;;;/h5-10,19H,11-12H2,1-4H3;5-11H,12H2,1-4H3;1-6,15-19H,7-8H2;3-5H,6,10H2,1-2H3;3-6H,1-2H3;3*1H4. The molecule has 0 amide bonds. The van der Waals surface area contributed by atoms with Gasteiger partial charge in [0.1, 0.15) is 6.29 Å². The van der Waals surface area contributed by atoms with Gasteiger partial charge in [0.15, 0.2) is 92.0 Å². The smallest absolute Gasteiger partial charge is 0.161 e. The number of carbonyl (C=O) groups is 1. The van der Waals surface area contributed by atoms with Crippen molar-refractivity contribution in [3.63, 3.8) is 0 Å². The number of nitrogens with zero attached hydrogens (tertiary/aromatic N) is 1. The van der Waals surface area contributed by atoms with E-state index in [-0.39, 0.29) is 45.3 Å². The summed E-state index contributed by atoms with van der Waals surface area (Å²) in [4.78, 5) is 14.8. The minimum atomic E-state index is -0.151. The fourth-order valence-corrected chi connectivity index (χ4v) is 8.14. The first-order valence-corrected chi connectivity index (χ1v) is 27.5. The van der Waals surface area contributed by atoms with E-state index in [1.54, 1.807) is 115 Å². The molecule has 0 bridgehead atoms. The number of hydrogen-bond donors (Lipinski definition) is 7. The van der Waals surface area contributed by atoms with Gasteiger partial charge in [-0.3, -0.25) is 9.79 Å². The average Bonchev–Trinajstić information content (AvgIpc) is 2.52. The molecule has 92 heavy (non-hydrogen) atoms. The summed E-state index contributed by atoms with van der Waals surface area (Å²) in [5.74, 6) is 7.78. The number of nitrogens with one attached hydrogen (secondary N) is 2. The maximum Gasteiger partial charge on any atom is 0.161 e. The van der Waals surface area contributed by atoms with Crippen LogP contribution < -0.4 is 73.2 Å². The molecule has 0 aliphatic carbocycles. The van der Waals surface area contributed by atoms with Crippen molar-refractivity contribution in [1.29, 1.82) is 0 Å². The van der Waals surface area contributed by atoms with Gasteiger partial charge in [-0.25, -0.2) is 0 Å². The molecular weight excluding hydrogens is 1180 g/mol. The fraction of sp³-hybridized carbons (Fsp3) is 0.296. The van der Waals surface area contributed by atoms with Gasteiger partial charge < -0.3 is 93.6 Å². The van der Waals surface area contributed by atoms with E-state index >= 15 is 0 Å². The molecule has 0 saturated heterocycles. The Morgan fingerprint density at radius 1 is 0.326 bits per heavy atom. The molecule has 0 unspecified atom stereocenters. The number of aldehydes is 1. The summed E-state index contributed by atoms with van der Waals surface area (Å²) < 4.78 is 62.3. The zero-order valence-corrected chi connectivity index (χ0v) is 52.4. The minimum Gasteiger partial charge on any atom is -0.504 e. The van der Waals surface area contributed by atoms with E-state index in [1.165, 1.54) is 31.4 Å². The third kappa shape index (κ3) is 25.3. The number of phenolic OH excluding ortho intramolecular Hbond substituents is 4. The lowest BCUT2D eigenvalue weighted by Crippen LogP contribution is -2.13. The summed E-state index contributed by atoms with van der Waals surface area (Å²) in [6, 6.07) is 43.1. The molecule has 0 aliphatic rings. The normalized spacial score (nSPS) is 9.84. The highest BCUT2D eigenvalue weighted by atomic mass is 16.5. The molecule has 0 fully saturated rings. The van der Waals surface area contributed by atoms with Crippen LogP contribution in [0.25, 0.3) is 0 Å². The molecule has 0 heterocycles. The number of ether oxygens (including phenoxy) is 12. The highest BCUT2D eigenvalue weighted by molar-refractivity contribution is 5.81. The Labute approximate surface area is 542 Å². The summed E-state index contributed by atoms with van der Waals surface area (Å²) in [5, 5.41) is 43.6. The molecule has 500 valence electrons. The van der Waals surface area contributed by atoms with E-state index in [1.807, 2.05) is 91.0 Å². The quantitative estimate of drug-likeness (QED) is 0.0159. The first-order valence-electron chi connectivity index (χ1n) is 27.5. The van der Waals surface area contributed by atoms with Gasteiger partial charge in [0.05, 0.1) is 91.9 Å². The van der Waals surface area contributed by atoms with Crippen LogP contribution in [0.15, 0.2) is 151 Å². The van der Waals surface area contributed by atoms with Crippen molar-refractivity contribution in [3.8, 4) is 92.0 Å². The van der Waals surface area contributed by atoms with Crippen molar-refractivity contribution in [2.24, 2.45) is 10.7 Å². The van der Waals surface area contributed by atoms with Crippen LogP contribution in [0, 0.1) is 0 Å². The molecule has 8 rings (SSSR count). The van der Waals surface area contributed by atoms with Crippen LogP contribution in [0.1, 0.15) is 71.6 Å². The zero-order valence-electron chi connectivity index (χ0n) is 52.4. The van der Waals surface area contributed by atoms with Crippen molar-refractivity contribution >= 4 is 12.5 Å². The van der Waals surface area contributed by atoms with Crippen LogP contribution in [0.5, 0.6) is 92.0 Å². The molecule has 0 aromatic heterocycles. The van der Waals surface area contributed by atoms with Crippen molar-refractivity contribution in [3.05, 3.63) is 190 Å². The van der Waals surface area contributed by atoms with E-state index in [0.29, 0.717) is 66.2 Å². The summed E-state index contributed by atoms with van der Waals surface area (Å²) in [6.45, 7) is 3.55. The van der Waals surface area contributed by atoms with Gasteiger partial charge in [-0.2, -0.15) is 0 Å². The Hall–Kier alpha value is -10.2. The maximum atomic E-state index is 10.4. The van der Waals surface area contributed by atoms with Gasteiger partial charge >= 0.3 is 0 Å². The molecule has 0 aliphatic heterocycles. The van der Waals surface area contributed by atoms with Crippen LogP contribution in [0.3, 0.4) is 0 Å². The van der Waals surface area contributed by atoms with Crippen LogP contribution in [0.4, 0.5) is 0 Å². The van der Waals surface area contributed by atoms with Crippen LogP contribution >= 0.6 is 0 Å². The molecule has 0 saturated carbocycles. The van der Waals surface area contributed by atoms with E-state index in [0.717, 1.165) is 92.8 Å². The summed E-state index contributed by atoms with van der Waals surface area (Å²) >= 11 is 0. The van der Waals surface area contributed by atoms with Gasteiger partial charge in [-0.15, -0.1) is 0 Å². The number of rotatable bonds is 25. The molecule has 0 spiro atoms. The van der Waals surface area contributed by atoms with Crippen molar-refractivity contribution in [1.82, 2.24) is 10.6 Å².